The minimum absolute atomic E-state index is 0.291. The molecule has 2 nitrogen and oxygen atoms in total. The maximum atomic E-state index is 6.02. The second kappa shape index (κ2) is 3.36. The highest BCUT2D eigenvalue weighted by atomic mass is 35.5. The second-order valence-corrected chi connectivity index (χ2v) is 4.53. The van der Waals surface area contributed by atoms with E-state index in [9.17, 15) is 0 Å². The summed E-state index contributed by atoms with van der Waals surface area (Å²) in [5.41, 5.74) is 0.686. The van der Waals surface area contributed by atoms with Gasteiger partial charge in [-0.25, -0.2) is 0 Å². The number of halogens is 3. The Hall–Kier alpha value is -0.0500. The highest BCUT2D eigenvalue weighted by Gasteiger charge is 2.21. The fourth-order valence-electron chi connectivity index (χ4n) is 0.770. The molecular weight excluding hydrogens is 218 g/mol. The first-order chi connectivity index (χ1) is 5.41. The molecule has 12 heavy (non-hydrogen) atoms. The predicted octanol–water partition coefficient (Wildman–Crippen LogP) is 3.26. The van der Waals surface area contributed by atoms with E-state index in [1.54, 1.807) is 6.07 Å². The van der Waals surface area contributed by atoms with Crippen molar-refractivity contribution in [1.29, 1.82) is 0 Å². The van der Waals surface area contributed by atoms with Crippen LogP contribution in [0, 0.1) is 0 Å². The Morgan fingerprint density at radius 3 is 2.25 bits per heavy atom. The summed E-state index contributed by atoms with van der Waals surface area (Å²) in [7, 11) is 0. The zero-order chi connectivity index (χ0) is 9.35. The molecule has 0 N–H and O–H groups in total. The number of alkyl halides is 1. The van der Waals surface area contributed by atoms with E-state index in [1.807, 2.05) is 13.8 Å². The summed E-state index contributed by atoms with van der Waals surface area (Å²) in [6.07, 6.45) is 0. The Bertz CT molecular complexity index is 293. The van der Waals surface area contributed by atoms with Crippen LogP contribution in [0.15, 0.2) is 6.07 Å². The topological polar surface area (TPSA) is 25.8 Å². The number of rotatable bonds is 1. The molecule has 1 heterocycles. The smallest absolute Gasteiger partial charge is 0.137 e. The molecule has 0 spiro atoms. The molecule has 1 rings (SSSR count). The summed E-state index contributed by atoms with van der Waals surface area (Å²) in [6.45, 7) is 3.63. The number of nitrogens with zero attached hydrogens (tertiary/aromatic N) is 2. The quantitative estimate of drug-likeness (QED) is 0.686. The van der Waals surface area contributed by atoms with Crippen LogP contribution in [-0.2, 0) is 4.87 Å². The van der Waals surface area contributed by atoms with Crippen LogP contribution in [0.25, 0.3) is 0 Å². The maximum absolute atomic E-state index is 6.02. The molecule has 0 saturated heterocycles. The molecule has 66 valence electrons. The van der Waals surface area contributed by atoms with Gasteiger partial charge < -0.3 is 0 Å². The zero-order valence-corrected chi connectivity index (χ0v) is 8.87. The number of hydrogen-bond donors (Lipinski definition) is 0. The van der Waals surface area contributed by atoms with Crippen molar-refractivity contribution >= 4 is 34.8 Å². The Labute approximate surface area is 85.8 Å². The molecule has 0 aromatic carbocycles. The van der Waals surface area contributed by atoms with Crippen LogP contribution in [0.1, 0.15) is 19.4 Å². The van der Waals surface area contributed by atoms with Gasteiger partial charge in [0.1, 0.15) is 0 Å². The Kier molecular flexibility index (Phi) is 2.81. The molecule has 1 aromatic heterocycles. The molecule has 0 unspecified atom stereocenters. The lowest BCUT2D eigenvalue weighted by molar-refractivity contribution is 0.752. The van der Waals surface area contributed by atoms with Crippen molar-refractivity contribution < 1.29 is 0 Å². The van der Waals surface area contributed by atoms with Crippen molar-refractivity contribution in [3.8, 4) is 0 Å². The van der Waals surface area contributed by atoms with Gasteiger partial charge in [-0.05, 0) is 19.9 Å². The van der Waals surface area contributed by atoms with E-state index in [0.717, 1.165) is 0 Å². The fraction of sp³-hybridized carbons (Fsp3) is 0.429. The second-order valence-electron chi connectivity index (χ2n) is 2.84. The third kappa shape index (κ3) is 2.22. The zero-order valence-electron chi connectivity index (χ0n) is 6.61. The molecular formula is C7H7Cl3N2. The van der Waals surface area contributed by atoms with Crippen LogP contribution < -0.4 is 0 Å². The number of aromatic nitrogens is 2. The summed E-state index contributed by atoms with van der Waals surface area (Å²) in [5, 5.41) is 7.81. The van der Waals surface area contributed by atoms with E-state index in [2.05, 4.69) is 10.2 Å². The molecule has 0 radical (unpaired) electrons. The summed E-state index contributed by atoms with van der Waals surface area (Å²) in [5.74, 6) is 0. The van der Waals surface area contributed by atoms with Crippen LogP contribution in [-0.4, -0.2) is 10.2 Å². The summed E-state index contributed by atoms with van der Waals surface area (Å²) < 4.78 is 0. The lowest BCUT2D eigenvalue weighted by Crippen LogP contribution is -2.09. The minimum Gasteiger partial charge on any atom is -0.137 e. The summed E-state index contributed by atoms with van der Waals surface area (Å²) in [6, 6.07) is 1.61. The van der Waals surface area contributed by atoms with Crippen molar-refractivity contribution in [3.63, 3.8) is 0 Å². The standard InChI is InChI=1S/C7H7Cl3N2/c1-7(2,10)4-3-5(8)11-12-6(4)9/h3H,1-2H3. The normalized spacial score (nSPS) is 11.8. The SMILES string of the molecule is CC(C)(Cl)c1cc(Cl)nnc1Cl. The predicted molar refractivity (Wildman–Crippen MR) is 50.9 cm³/mol. The van der Waals surface area contributed by atoms with Crippen LogP contribution in [0.2, 0.25) is 10.3 Å². The Morgan fingerprint density at radius 1 is 1.25 bits per heavy atom. The summed E-state index contributed by atoms with van der Waals surface area (Å²) >= 11 is 17.4. The molecule has 0 atom stereocenters. The van der Waals surface area contributed by atoms with E-state index in [0.29, 0.717) is 15.9 Å². The molecule has 0 aliphatic carbocycles. The van der Waals surface area contributed by atoms with Crippen LogP contribution in [0.5, 0.6) is 0 Å². The van der Waals surface area contributed by atoms with E-state index in [-0.39, 0.29) is 0 Å². The molecule has 0 aliphatic rings. The van der Waals surface area contributed by atoms with Gasteiger partial charge in [-0.15, -0.1) is 21.8 Å². The van der Waals surface area contributed by atoms with E-state index in [4.69, 9.17) is 34.8 Å². The van der Waals surface area contributed by atoms with Gasteiger partial charge in [-0.2, -0.15) is 0 Å². The Morgan fingerprint density at radius 2 is 1.83 bits per heavy atom. The fourth-order valence-corrected chi connectivity index (χ4v) is 1.44. The van der Waals surface area contributed by atoms with Crippen molar-refractivity contribution in [3.05, 3.63) is 21.9 Å². The van der Waals surface area contributed by atoms with E-state index < -0.39 is 4.87 Å². The van der Waals surface area contributed by atoms with Crippen molar-refractivity contribution in [2.24, 2.45) is 0 Å². The summed E-state index contributed by atoms with van der Waals surface area (Å²) in [4.78, 5) is -0.573. The highest BCUT2D eigenvalue weighted by Crippen LogP contribution is 2.32. The van der Waals surface area contributed by atoms with E-state index in [1.165, 1.54) is 0 Å². The maximum Gasteiger partial charge on any atom is 0.156 e. The Balaban J connectivity index is 3.23. The average molecular weight is 226 g/mol. The van der Waals surface area contributed by atoms with Crippen LogP contribution >= 0.6 is 34.8 Å². The van der Waals surface area contributed by atoms with Gasteiger partial charge in [0.2, 0.25) is 0 Å². The van der Waals surface area contributed by atoms with Gasteiger partial charge in [0, 0.05) is 5.56 Å². The molecule has 0 amide bonds. The highest BCUT2D eigenvalue weighted by molar-refractivity contribution is 6.33. The van der Waals surface area contributed by atoms with Crippen molar-refractivity contribution in [2.45, 2.75) is 18.7 Å². The first kappa shape index (κ1) is 10.0. The van der Waals surface area contributed by atoms with Gasteiger partial charge in [-0.3, -0.25) is 0 Å². The first-order valence-electron chi connectivity index (χ1n) is 3.29. The van der Waals surface area contributed by atoms with E-state index >= 15 is 0 Å². The largest absolute Gasteiger partial charge is 0.156 e. The molecule has 1 aromatic rings. The monoisotopic (exact) mass is 224 g/mol. The first-order valence-corrected chi connectivity index (χ1v) is 4.43. The van der Waals surface area contributed by atoms with Gasteiger partial charge in [0.15, 0.2) is 10.3 Å². The molecule has 0 aliphatic heterocycles. The van der Waals surface area contributed by atoms with Crippen molar-refractivity contribution in [1.82, 2.24) is 10.2 Å². The van der Waals surface area contributed by atoms with Gasteiger partial charge in [0.05, 0.1) is 4.87 Å². The average Bonchev–Trinajstić information content (AvgIpc) is 1.92. The third-order valence-corrected chi connectivity index (χ3v) is 2.03. The number of hydrogen-bond acceptors (Lipinski definition) is 2. The molecule has 5 heteroatoms. The van der Waals surface area contributed by atoms with Gasteiger partial charge in [-0.1, -0.05) is 23.2 Å². The third-order valence-electron chi connectivity index (χ3n) is 1.36. The van der Waals surface area contributed by atoms with Gasteiger partial charge >= 0.3 is 0 Å². The van der Waals surface area contributed by atoms with Crippen LogP contribution in [0.4, 0.5) is 0 Å². The van der Waals surface area contributed by atoms with Gasteiger partial charge in [0.25, 0.3) is 0 Å². The molecule has 0 bridgehead atoms. The minimum atomic E-state index is -0.573. The molecule has 0 saturated carbocycles. The van der Waals surface area contributed by atoms with Crippen LogP contribution in [0.3, 0.4) is 0 Å². The molecule has 0 fully saturated rings. The van der Waals surface area contributed by atoms with Crippen molar-refractivity contribution in [2.75, 3.05) is 0 Å². The lowest BCUT2D eigenvalue weighted by atomic mass is 10.1. The lowest BCUT2D eigenvalue weighted by Gasteiger charge is -2.16.